The van der Waals surface area contributed by atoms with E-state index in [0.717, 1.165) is 22.8 Å². The fraction of sp³-hybridized carbons (Fsp3) is 0.417. The Kier molecular flexibility index (Phi) is 7.67. The number of hydrogen-bond donors (Lipinski definition) is 1. The average Bonchev–Trinajstić information content (AvgIpc) is 3.35. The average molecular weight is 554 g/mol. The molecule has 3 heterocycles. The van der Waals surface area contributed by atoms with Crippen molar-refractivity contribution >= 4 is 32.2 Å². The minimum atomic E-state index is -4.54. The Morgan fingerprint density at radius 1 is 1.19 bits per heavy atom. The first-order valence-corrected chi connectivity index (χ1v) is 14.1. The van der Waals surface area contributed by atoms with E-state index in [4.69, 9.17) is 0 Å². The maximum absolute atomic E-state index is 13.0. The molecule has 0 saturated carbocycles. The molecule has 1 aliphatic heterocycles. The second-order valence-electron chi connectivity index (χ2n) is 9.05. The molecule has 0 bridgehead atoms. The lowest BCUT2D eigenvalue weighted by molar-refractivity contribution is -0.141. The number of anilines is 1. The molecule has 198 valence electrons. The van der Waals surface area contributed by atoms with Crippen molar-refractivity contribution in [2.24, 2.45) is 5.92 Å². The van der Waals surface area contributed by atoms with Crippen molar-refractivity contribution in [3.05, 3.63) is 64.2 Å². The summed E-state index contributed by atoms with van der Waals surface area (Å²) in [6, 6.07) is 6.91. The predicted octanol–water partition coefficient (Wildman–Crippen LogP) is 4.64. The van der Waals surface area contributed by atoms with Gasteiger partial charge >= 0.3 is 6.18 Å². The first-order valence-electron chi connectivity index (χ1n) is 11.6. The molecular weight excluding hydrogens is 527 g/mol. The standard InChI is InChI=1S/C24H26F3N5O3S2/c1-4-37(34,35)16-7-5-15(6-8-16)11-20(33)30-23-31-21-17(36-23)12-32(22(21)14(2)3)13-19-28-10-9-18(29-19)24(25,26)27/h5-10,14,22H,4,11-13H2,1-3H3,(H,30,31,33)/t22-/m1/s1. The van der Waals surface area contributed by atoms with E-state index in [9.17, 15) is 26.4 Å². The molecular formula is C24H26F3N5O3S2. The number of sulfone groups is 1. The minimum Gasteiger partial charge on any atom is -0.302 e. The van der Waals surface area contributed by atoms with Gasteiger partial charge in [-0.1, -0.05) is 32.9 Å². The largest absolute Gasteiger partial charge is 0.433 e. The second-order valence-corrected chi connectivity index (χ2v) is 12.4. The maximum atomic E-state index is 13.0. The van der Waals surface area contributed by atoms with Gasteiger partial charge in [0.25, 0.3) is 0 Å². The zero-order valence-corrected chi connectivity index (χ0v) is 22.0. The molecule has 1 aliphatic rings. The van der Waals surface area contributed by atoms with Gasteiger partial charge in [0.15, 0.2) is 15.0 Å². The second kappa shape index (κ2) is 10.5. The number of nitrogens with one attached hydrogen (secondary N) is 1. The molecule has 1 N–H and O–H groups in total. The van der Waals surface area contributed by atoms with Crippen molar-refractivity contribution in [3.63, 3.8) is 0 Å². The molecule has 1 amide bonds. The summed E-state index contributed by atoms with van der Waals surface area (Å²) in [5.41, 5.74) is 0.484. The van der Waals surface area contributed by atoms with Crippen LogP contribution in [-0.2, 0) is 40.3 Å². The number of benzene rings is 1. The Morgan fingerprint density at radius 3 is 2.51 bits per heavy atom. The molecule has 0 spiro atoms. The predicted molar refractivity (Wildman–Crippen MR) is 132 cm³/mol. The Labute approximate surface area is 216 Å². The SMILES string of the molecule is CCS(=O)(=O)c1ccc(CC(=O)Nc2nc3c(s2)CN(Cc2nccc(C(F)(F)F)n2)[C@@H]3C(C)C)cc1. The van der Waals surface area contributed by atoms with Crippen LogP contribution in [0, 0.1) is 5.92 Å². The van der Waals surface area contributed by atoms with Crippen LogP contribution < -0.4 is 5.32 Å². The van der Waals surface area contributed by atoms with Crippen LogP contribution in [0.5, 0.6) is 0 Å². The van der Waals surface area contributed by atoms with Crippen molar-refractivity contribution in [2.75, 3.05) is 11.1 Å². The Hall–Kier alpha value is -2.90. The number of amides is 1. The lowest BCUT2D eigenvalue weighted by atomic mass is 10.0. The molecule has 1 atom stereocenters. The molecule has 4 rings (SSSR count). The number of nitrogens with zero attached hydrogens (tertiary/aromatic N) is 4. The fourth-order valence-corrected chi connectivity index (χ4v) is 6.18. The third kappa shape index (κ3) is 6.16. The molecule has 0 fully saturated rings. The molecule has 0 unspecified atom stereocenters. The Morgan fingerprint density at radius 2 is 1.89 bits per heavy atom. The van der Waals surface area contributed by atoms with E-state index >= 15 is 0 Å². The summed E-state index contributed by atoms with van der Waals surface area (Å²) in [6.07, 6.45) is -3.37. The number of rotatable bonds is 8. The number of carbonyl (C=O) groups excluding carboxylic acids is 1. The fourth-order valence-electron chi connectivity index (χ4n) is 4.25. The van der Waals surface area contributed by atoms with E-state index in [0.29, 0.717) is 17.2 Å². The monoisotopic (exact) mass is 553 g/mol. The van der Waals surface area contributed by atoms with Gasteiger partial charge in [0.2, 0.25) is 5.91 Å². The van der Waals surface area contributed by atoms with Crippen LogP contribution in [-0.4, -0.2) is 39.9 Å². The summed E-state index contributed by atoms with van der Waals surface area (Å²) in [4.78, 5) is 28.1. The number of fused-ring (bicyclic) bond motifs is 1. The number of hydrogen-bond acceptors (Lipinski definition) is 8. The highest BCUT2D eigenvalue weighted by Gasteiger charge is 2.37. The zero-order chi connectivity index (χ0) is 27.0. The Bertz CT molecular complexity index is 1390. The molecule has 1 aromatic carbocycles. The molecule has 3 aromatic rings. The number of alkyl halides is 3. The number of aromatic nitrogens is 3. The van der Waals surface area contributed by atoms with Gasteiger partial charge in [-0.2, -0.15) is 13.2 Å². The Balaban J connectivity index is 1.43. The zero-order valence-electron chi connectivity index (χ0n) is 20.4. The van der Waals surface area contributed by atoms with Crippen molar-refractivity contribution in [2.45, 2.75) is 57.4 Å². The molecule has 0 aliphatic carbocycles. The van der Waals surface area contributed by atoms with Crippen LogP contribution in [0.1, 0.15) is 54.5 Å². The van der Waals surface area contributed by atoms with Crippen LogP contribution in [0.25, 0.3) is 0 Å². The van der Waals surface area contributed by atoms with E-state index in [1.807, 2.05) is 18.7 Å². The molecule has 37 heavy (non-hydrogen) atoms. The van der Waals surface area contributed by atoms with Gasteiger partial charge in [0.1, 0.15) is 11.5 Å². The molecule has 2 aromatic heterocycles. The lowest BCUT2D eigenvalue weighted by Gasteiger charge is -2.27. The summed E-state index contributed by atoms with van der Waals surface area (Å²) >= 11 is 1.33. The van der Waals surface area contributed by atoms with E-state index < -0.39 is 21.7 Å². The van der Waals surface area contributed by atoms with Crippen LogP contribution in [0.15, 0.2) is 41.4 Å². The summed E-state index contributed by atoms with van der Waals surface area (Å²) < 4.78 is 63.1. The normalized spacial score (nSPS) is 16.2. The van der Waals surface area contributed by atoms with Crippen molar-refractivity contribution < 1.29 is 26.4 Å². The minimum absolute atomic E-state index is 0.00329. The van der Waals surface area contributed by atoms with E-state index in [1.54, 1.807) is 19.1 Å². The summed E-state index contributed by atoms with van der Waals surface area (Å²) in [7, 11) is -3.31. The third-order valence-corrected chi connectivity index (χ3v) is 8.72. The van der Waals surface area contributed by atoms with Gasteiger partial charge in [-0.25, -0.2) is 23.4 Å². The van der Waals surface area contributed by atoms with E-state index in [-0.39, 0.29) is 47.3 Å². The van der Waals surface area contributed by atoms with Crippen molar-refractivity contribution in [1.82, 2.24) is 19.9 Å². The molecule has 8 nitrogen and oxygen atoms in total. The van der Waals surface area contributed by atoms with Gasteiger partial charge in [0.05, 0.1) is 35.3 Å². The highest BCUT2D eigenvalue weighted by molar-refractivity contribution is 7.91. The van der Waals surface area contributed by atoms with E-state index in [1.165, 1.54) is 23.5 Å². The highest BCUT2D eigenvalue weighted by atomic mass is 32.2. The number of carbonyl (C=O) groups is 1. The van der Waals surface area contributed by atoms with Gasteiger partial charge in [-0.3, -0.25) is 9.69 Å². The number of thiazole rings is 1. The first kappa shape index (κ1) is 27.1. The van der Waals surface area contributed by atoms with Crippen LogP contribution >= 0.6 is 11.3 Å². The van der Waals surface area contributed by atoms with Gasteiger partial charge in [-0.15, -0.1) is 11.3 Å². The molecule has 0 saturated heterocycles. The van der Waals surface area contributed by atoms with Crippen molar-refractivity contribution in [1.29, 1.82) is 0 Å². The molecule has 13 heteroatoms. The molecule has 0 radical (unpaired) electrons. The smallest absolute Gasteiger partial charge is 0.302 e. The van der Waals surface area contributed by atoms with Crippen LogP contribution in [0.3, 0.4) is 0 Å². The van der Waals surface area contributed by atoms with Gasteiger partial charge in [0, 0.05) is 17.6 Å². The van der Waals surface area contributed by atoms with Gasteiger partial charge < -0.3 is 5.32 Å². The number of halogens is 3. The topological polar surface area (TPSA) is 105 Å². The van der Waals surface area contributed by atoms with Crippen molar-refractivity contribution in [3.8, 4) is 0 Å². The summed E-state index contributed by atoms with van der Waals surface area (Å²) in [5.74, 6) is -0.0880. The summed E-state index contributed by atoms with van der Waals surface area (Å²) in [5, 5.41) is 3.25. The summed E-state index contributed by atoms with van der Waals surface area (Å²) in [6.45, 7) is 6.17. The van der Waals surface area contributed by atoms with Crippen LogP contribution in [0.2, 0.25) is 0 Å². The van der Waals surface area contributed by atoms with Crippen LogP contribution in [0.4, 0.5) is 18.3 Å². The third-order valence-electron chi connectivity index (χ3n) is 5.99. The quantitative estimate of drug-likeness (QED) is 0.433. The van der Waals surface area contributed by atoms with E-state index in [2.05, 4.69) is 20.3 Å². The maximum Gasteiger partial charge on any atom is 0.433 e. The first-order chi connectivity index (χ1) is 17.4. The lowest BCUT2D eigenvalue weighted by Crippen LogP contribution is -2.27. The highest BCUT2D eigenvalue weighted by Crippen LogP contribution is 2.43. The van der Waals surface area contributed by atoms with Gasteiger partial charge in [-0.05, 0) is 29.7 Å².